The lowest BCUT2D eigenvalue weighted by Gasteiger charge is -2.30. The van der Waals surface area contributed by atoms with Crippen molar-refractivity contribution in [2.24, 2.45) is 0 Å². The summed E-state index contributed by atoms with van der Waals surface area (Å²) in [6.07, 6.45) is 4.16. The second-order valence-electron chi connectivity index (χ2n) is 8.26. The number of urea groups is 1. The molecule has 2 fully saturated rings. The number of thiazole rings is 1. The van der Waals surface area contributed by atoms with Gasteiger partial charge in [0.05, 0.1) is 5.69 Å². The molecule has 2 aliphatic rings. The molecule has 8 heteroatoms. The van der Waals surface area contributed by atoms with Crippen LogP contribution in [0.1, 0.15) is 56.7 Å². The van der Waals surface area contributed by atoms with E-state index in [1.54, 1.807) is 0 Å². The molecular formula is C22H26N4O3S. The highest BCUT2D eigenvalue weighted by Gasteiger charge is 2.51. The lowest BCUT2D eigenvalue weighted by atomic mass is 9.82. The van der Waals surface area contributed by atoms with Gasteiger partial charge < -0.3 is 10.6 Å². The monoisotopic (exact) mass is 426 g/mol. The number of amides is 4. The van der Waals surface area contributed by atoms with Crippen molar-refractivity contribution >= 4 is 34.3 Å². The molecule has 0 atom stereocenters. The van der Waals surface area contributed by atoms with Crippen LogP contribution in [0, 0.1) is 0 Å². The summed E-state index contributed by atoms with van der Waals surface area (Å²) in [5.41, 5.74) is 1.02. The summed E-state index contributed by atoms with van der Waals surface area (Å²) in [5, 5.41) is 6.09. The van der Waals surface area contributed by atoms with E-state index in [1.807, 2.05) is 30.3 Å². The van der Waals surface area contributed by atoms with Gasteiger partial charge in [0.15, 0.2) is 5.13 Å². The maximum Gasteiger partial charge on any atom is 0.325 e. The summed E-state index contributed by atoms with van der Waals surface area (Å²) in [4.78, 5) is 44.6. The van der Waals surface area contributed by atoms with Crippen LogP contribution in [0.4, 0.5) is 9.93 Å². The van der Waals surface area contributed by atoms with Crippen LogP contribution in [-0.4, -0.2) is 39.8 Å². The van der Waals surface area contributed by atoms with Crippen molar-refractivity contribution in [3.8, 4) is 11.3 Å². The zero-order valence-corrected chi connectivity index (χ0v) is 18.1. The summed E-state index contributed by atoms with van der Waals surface area (Å²) in [6.45, 7) is 3.87. The molecule has 1 saturated heterocycles. The number of aromatic nitrogens is 1. The average molecular weight is 427 g/mol. The van der Waals surface area contributed by atoms with E-state index >= 15 is 0 Å². The van der Waals surface area contributed by atoms with Gasteiger partial charge in [-0.3, -0.25) is 14.5 Å². The number of imide groups is 1. The zero-order chi connectivity index (χ0) is 21.3. The van der Waals surface area contributed by atoms with Crippen molar-refractivity contribution in [1.82, 2.24) is 15.2 Å². The number of benzene rings is 1. The first kappa shape index (κ1) is 20.5. The average Bonchev–Trinajstić information content (AvgIpc) is 3.25. The lowest BCUT2D eigenvalue weighted by Crippen LogP contribution is -2.48. The summed E-state index contributed by atoms with van der Waals surface area (Å²) < 4.78 is 0. The molecule has 30 heavy (non-hydrogen) atoms. The molecule has 4 rings (SSSR count). The molecule has 1 aromatic carbocycles. The highest BCUT2D eigenvalue weighted by atomic mass is 32.1. The molecule has 0 radical (unpaired) electrons. The quantitative estimate of drug-likeness (QED) is 0.704. The van der Waals surface area contributed by atoms with Crippen molar-refractivity contribution in [2.75, 3.05) is 11.9 Å². The third kappa shape index (κ3) is 3.84. The number of hydrogen-bond donors (Lipinski definition) is 2. The molecule has 0 bridgehead atoms. The first-order valence-corrected chi connectivity index (χ1v) is 11.2. The van der Waals surface area contributed by atoms with Crippen molar-refractivity contribution in [1.29, 1.82) is 0 Å². The first-order valence-electron chi connectivity index (χ1n) is 10.4. The van der Waals surface area contributed by atoms with E-state index in [9.17, 15) is 14.4 Å². The van der Waals surface area contributed by atoms with Crippen molar-refractivity contribution < 1.29 is 14.4 Å². The van der Waals surface area contributed by atoms with Gasteiger partial charge in [0.25, 0.3) is 5.91 Å². The fraction of sp³-hybridized carbons (Fsp3) is 0.455. The minimum Gasteiger partial charge on any atom is -0.323 e. The number of nitrogens with zero attached hydrogens (tertiary/aromatic N) is 2. The summed E-state index contributed by atoms with van der Waals surface area (Å²) in [6, 6.07) is 9.35. The molecule has 2 aromatic rings. The Morgan fingerprint density at radius 1 is 1.20 bits per heavy atom. The van der Waals surface area contributed by atoms with Crippen molar-refractivity contribution in [2.45, 2.75) is 57.4 Å². The van der Waals surface area contributed by atoms with Crippen molar-refractivity contribution in [3.05, 3.63) is 35.2 Å². The third-order valence-corrected chi connectivity index (χ3v) is 7.00. The van der Waals surface area contributed by atoms with Crippen LogP contribution >= 0.6 is 11.3 Å². The Bertz CT molecular complexity index is 964. The summed E-state index contributed by atoms with van der Waals surface area (Å²) in [7, 11) is 0. The Morgan fingerprint density at radius 3 is 2.57 bits per heavy atom. The highest BCUT2D eigenvalue weighted by Crippen LogP contribution is 2.36. The number of carbonyl (C=O) groups excluding carboxylic acids is 3. The summed E-state index contributed by atoms with van der Waals surface area (Å²) >= 11 is 1.42. The maximum atomic E-state index is 12.9. The topological polar surface area (TPSA) is 91.4 Å². The SMILES string of the molecule is CC(C)c1sc(NC(=O)CN2C(=O)NC3(CCCCC3)C2=O)nc1-c1ccccc1. The van der Waals surface area contributed by atoms with Crippen LogP contribution in [0.25, 0.3) is 11.3 Å². The van der Waals surface area contributed by atoms with E-state index in [4.69, 9.17) is 0 Å². The number of carbonyl (C=O) groups is 3. The Labute approximate surface area is 179 Å². The van der Waals surface area contributed by atoms with Gasteiger partial charge in [0, 0.05) is 10.4 Å². The molecule has 158 valence electrons. The normalized spacial score (nSPS) is 18.2. The van der Waals surface area contributed by atoms with Crippen molar-refractivity contribution in [3.63, 3.8) is 0 Å². The molecule has 0 unspecified atom stereocenters. The van der Waals surface area contributed by atoms with Gasteiger partial charge in [-0.15, -0.1) is 11.3 Å². The standard InChI is InChI=1S/C22H26N4O3S/c1-14(2)18-17(15-9-5-3-6-10-15)24-20(30-18)23-16(27)13-26-19(28)22(25-21(26)29)11-7-4-8-12-22/h3,5-6,9-10,14H,4,7-8,11-13H2,1-2H3,(H,25,29)(H,23,24,27). The van der Waals surface area contributed by atoms with E-state index in [0.29, 0.717) is 18.0 Å². The second-order valence-corrected chi connectivity index (χ2v) is 9.30. The van der Waals surface area contributed by atoms with Gasteiger partial charge in [0.2, 0.25) is 5.91 Å². The number of anilines is 1. The van der Waals surface area contributed by atoms with E-state index in [0.717, 1.165) is 40.3 Å². The maximum absolute atomic E-state index is 12.9. The van der Waals surface area contributed by atoms with Gasteiger partial charge in [-0.1, -0.05) is 63.4 Å². The van der Waals surface area contributed by atoms with Gasteiger partial charge in [0.1, 0.15) is 12.1 Å². The first-order chi connectivity index (χ1) is 14.4. The molecular weight excluding hydrogens is 400 g/mol. The predicted octanol–water partition coefficient (Wildman–Crippen LogP) is 4.13. The molecule has 7 nitrogen and oxygen atoms in total. The fourth-order valence-corrected chi connectivity index (χ4v) is 5.20. The van der Waals surface area contributed by atoms with Gasteiger partial charge in [-0.25, -0.2) is 9.78 Å². The van der Waals surface area contributed by atoms with Gasteiger partial charge in [-0.2, -0.15) is 0 Å². The van der Waals surface area contributed by atoms with Crippen LogP contribution < -0.4 is 10.6 Å². The number of hydrogen-bond acceptors (Lipinski definition) is 5. The second kappa shape index (κ2) is 8.18. The largest absolute Gasteiger partial charge is 0.325 e. The minimum atomic E-state index is -0.817. The Hall–Kier alpha value is -2.74. The Balaban J connectivity index is 1.48. The van der Waals surface area contributed by atoms with E-state index in [-0.39, 0.29) is 18.4 Å². The third-order valence-electron chi connectivity index (χ3n) is 5.73. The molecule has 1 spiro atoms. The Kier molecular flexibility index (Phi) is 5.60. The molecule has 2 N–H and O–H groups in total. The van der Waals surface area contributed by atoms with Crippen LogP contribution in [0.2, 0.25) is 0 Å². The predicted molar refractivity (Wildman–Crippen MR) is 116 cm³/mol. The number of nitrogens with one attached hydrogen (secondary N) is 2. The molecule has 1 saturated carbocycles. The molecule has 1 aliphatic heterocycles. The van der Waals surface area contributed by atoms with E-state index < -0.39 is 17.5 Å². The Morgan fingerprint density at radius 2 is 1.90 bits per heavy atom. The zero-order valence-electron chi connectivity index (χ0n) is 17.2. The van der Waals surface area contributed by atoms with Gasteiger partial charge in [-0.05, 0) is 18.8 Å². The van der Waals surface area contributed by atoms with Gasteiger partial charge >= 0.3 is 6.03 Å². The smallest absolute Gasteiger partial charge is 0.323 e. The summed E-state index contributed by atoms with van der Waals surface area (Å²) in [5.74, 6) is -0.454. The molecule has 1 aromatic heterocycles. The van der Waals surface area contributed by atoms with E-state index in [2.05, 4.69) is 29.5 Å². The molecule has 4 amide bonds. The molecule has 1 aliphatic carbocycles. The number of rotatable bonds is 5. The highest BCUT2D eigenvalue weighted by molar-refractivity contribution is 7.16. The van der Waals surface area contributed by atoms with Crippen LogP contribution in [0.3, 0.4) is 0 Å². The fourth-order valence-electron chi connectivity index (χ4n) is 4.20. The van der Waals surface area contributed by atoms with Crippen LogP contribution in [0.5, 0.6) is 0 Å². The van der Waals surface area contributed by atoms with E-state index in [1.165, 1.54) is 11.3 Å². The lowest BCUT2D eigenvalue weighted by molar-refractivity contribution is -0.134. The van der Waals surface area contributed by atoms with Crippen LogP contribution in [-0.2, 0) is 9.59 Å². The molecule has 2 heterocycles. The van der Waals surface area contributed by atoms with Crippen LogP contribution in [0.15, 0.2) is 30.3 Å². The minimum absolute atomic E-state index is 0.250.